The molecule has 5 nitrogen and oxygen atoms in total. The molecule has 0 aliphatic carbocycles. The van der Waals surface area contributed by atoms with E-state index in [-0.39, 0.29) is 5.91 Å². The van der Waals surface area contributed by atoms with Crippen molar-refractivity contribution in [2.45, 2.75) is 6.42 Å². The van der Waals surface area contributed by atoms with Gasteiger partial charge in [0.1, 0.15) is 5.69 Å². The van der Waals surface area contributed by atoms with Crippen molar-refractivity contribution in [1.82, 2.24) is 15.3 Å². The molecule has 0 saturated carbocycles. The summed E-state index contributed by atoms with van der Waals surface area (Å²) >= 11 is 5.92. The van der Waals surface area contributed by atoms with Crippen LogP contribution in [0.25, 0.3) is 0 Å². The fourth-order valence-electron chi connectivity index (χ4n) is 1.84. The Hall–Kier alpha value is -2.40. The van der Waals surface area contributed by atoms with Crippen LogP contribution in [0.2, 0.25) is 5.02 Å². The number of halogens is 1. The van der Waals surface area contributed by atoms with E-state index < -0.39 is 0 Å². The summed E-state index contributed by atoms with van der Waals surface area (Å²) in [5.41, 5.74) is 1.40. The van der Waals surface area contributed by atoms with Crippen molar-refractivity contribution in [2.75, 3.05) is 18.4 Å². The topological polar surface area (TPSA) is 66.9 Å². The molecule has 114 valence electrons. The van der Waals surface area contributed by atoms with E-state index in [0.29, 0.717) is 36.2 Å². The number of carbonyl (C=O) groups excluding carboxylic acids is 1. The lowest BCUT2D eigenvalue weighted by molar-refractivity contribution is 0.0949. The molecule has 6 heteroatoms. The van der Waals surface area contributed by atoms with Gasteiger partial charge in [-0.25, -0.2) is 9.97 Å². The number of hydrogen-bond donors (Lipinski definition) is 2. The molecule has 2 N–H and O–H groups in total. The maximum atomic E-state index is 12.1. The molecule has 0 saturated heterocycles. The molecule has 0 aliphatic rings. The second-order valence-electron chi connectivity index (χ2n) is 4.57. The molecule has 0 spiro atoms. The SMILES string of the molecule is C=CCNc1nccc(C(=O)NCCc2cccc(Cl)c2)n1. The van der Waals surface area contributed by atoms with Crippen molar-refractivity contribution in [3.8, 4) is 0 Å². The Morgan fingerprint density at radius 2 is 2.23 bits per heavy atom. The number of anilines is 1. The third-order valence-electron chi connectivity index (χ3n) is 2.88. The molecule has 0 unspecified atom stereocenters. The van der Waals surface area contributed by atoms with Gasteiger partial charge >= 0.3 is 0 Å². The fourth-order valence-corrected chi connectivity index (χ4v) is 2.05. The lowest BCUT2D eigenvalue weighted by Gasteiger charge is -2.07. The summed E-state index contributed by atoms with van der Waals surface area (Å²) in [6.45, 7) is 4.66. The molecule has 0 fully saturated rings. The molecule has 0 atom stereocenters. The Morgan fingerprint density at radius 3 is 3.00 bits per heavy atom. The first-order chi connectivity index (χ1) is 10.7. The average Bonchev–Trinajstić information content (AvgIpc) is 2.53. The highest BCUT2D eigenvalue weighted by Gasteiger charge is 2.08. The van der Waals surface area contributed by atoms with Gasteiger partial charge in [0.05, 0.1) is 0 Å². The number of hydrogen-bond acceptors (Lipinski definition) is 4. The highest BCUT2D eigenvalue weighted by Crippen LogP contribution is 2.10. The molecular formula is C16H17ClN4O. The summed E-state index contributed by atoms with van der Waals surface area (Å²) in [7, 11) is 0. The van der Waals surface area contributed by atoms with Crippen molar-refractivity contribution >= 4 is 23.5 Å². The van der Waals surface area contributed by atoms with Crippen LogP contribution in [0.15, 0.2) is 49.2 Å². The van der Waals surface area contributed by atoms with Gasteiger partial charge in [0, 0.05) is 24.3 Å². The number of amides is 1. The zero-order valence-electron chi connectivity index (χ0n) is 12.1. The number of benzene rings is 1. The van der Waals surface area contributed by atoms with E-state index >= 15 is 0 Å². The molecular weight excluding hydrogens is 300 g/mol. The smallest absolute Gasteiger partial charge is 0.270 e. The number of carbonyl (C=O) groups is 1. The van der Waals surface area contributed by atoms with E-state index in [9.17, 15) is 4.79 Å². The van der Waals surface area contributed by atoms with Gasteiger partial charge in [0.2, 0.25) is 5.95 Å². The summed E-state index contributed by atoms with van der Waals surface area (Å²) in [5.74, 6) is 0.175. The maximum Gasteiger partial charge on any atom is 0.270 e. The van der Waals surface area contributed by atoms with Crippen LogP contribution in [0.5, 0.6) is 0 Å². The first-order valence-corrected chi connectivity index (χ1v) is 7.27. The second kappa shape index (κ2) is 8.14. The van der Waals surface area contributed by atoms with E-state index in [4.69, 9.17) is 11.6 Å². The summed E-state index contributed by atoms with van der Waals surface area (Å²) in [6, 6.07) is 9.15. The quantitative estimate of drug-likeness (QED) is 0.771. The van der Waals surface area contributed by atoms with Crippen molar-refractivity contribution < 1.29 is 4.79 Å². The van der Waals surface area contributed by atoms with Crippen molar-refractivity contribution in [3.05, 3.63) is 65.5 Å². The van der Waals surface area contributed by atoms with E-state index in [1.807, 2.05) is 24.3 Å². The van der Waals surface area contributed by atoms with Crippen LogP contribution >= 0.6 is 11.6 Å². The number of rotatable bonds is 7. The van der Waals surface area contributed by atoms with Crippen LogP contribution in [0.3, 0.4) is 0 Å². The lowest BCUT2D eigenvalue weighted by Crippen LogP contribution is -2.26. The van der Waals surface area contributed by atoms with Gasteiger partial charge in [-0.15, -0.1) is 6.58 Å². The van der Waals surface area contributed by atoms with Crippen molar-refractivity contribution in [1.29, 1.82) is 0 Å². The molecule has 1 aromatic carbocycles. The summed E-state index contributed by atoms with van der Waals surface area (Å²) in [5, 5.41) is 6.46. The first-order valence-electron chi connectivity index (χ1n) is 6.89. The highest BCUT2D eigenvalue weighted by molar-refractivity contribution is 6.30. The third kappa shape index (κ3) is 4.86. The van der Waals surface area contributed by atoms with Crippen molar-refractivity contribution in [3.63, 3.8) is 0 Å². The van der Waals surface area contributed by atoms with Gasteiger partial charge in [-0.05, 0) is 30.2 Å². The van der Waals surface area contributed by atoms with Crippen LogP contribution in [0.4, 0.5) is 5.95 Å². The lowest BCUT2D eigenvalue weighted by atomic mass is 10.1. The van der Waals surface area contributed by atoms with E-state index in [1.165, 1.54) is 0 Å². The molecule has 0 bridgehead atoms. The van der Waals surface area contributed by atoms with Crippen LogP contribution in [0.1, 0.15) is 16.1 Å². The first kappa shape index (κ1) is 16.0. The van der Waals surface area contributed by atoms with Gasteiger partial charge in [0.25, 0.3) is 5.91 Å². The summed E-state index contributed by atoms with van der Waals surface area (Å²) < 4.78 is 0. The maximum absolute atomic E-state index is 12.1. The zero-order valence-corrected chi connectivity index (χ0v) is 12.8. The van der Waals surface area contributed by atoms with Crippen LogP contribution in [0, 0.1) is 0 Å². The number of nitrogens with zero attached hydrogens (tertiary/aromatic N) is 2. The number of aromatic nitrogens is 2. The summed E-state index contributed by atoms with van der Waals surface area (Å²) in [4.78, 5) is 20.2. The predicted molar refractivity (Wildman–Crippen MR) is 88.2 cm³/mol. The molecule has 2 rings (SSSR count). The third-order valence-corrected chi connectivity index (χ3v) is 3.12. The molecule has 0 radical (unpaired) electrons. The molecule has 0 aliphatic heterocycles. The van der Waals surface area contributed by atoms with E-state index in [1.54, 1.807) is 18.3 Å². The van der Waals surface area contributed by atoms with Crippen LogP contribution in [-0.2, 0) is 6.42 Å². The molecule has 2 aromatic rings. The Bertz CT molecular complexity index is 660. The van der Waals surface area contributed by atoms with Gasteiger partial charge in [-0.3, -0.25) is 4.79 Å². The Morgan fingerprint density at radius 1 is 1.36 bits per heavy atom. The Kier molecular flexibility index (Phi) is 5.91. The van der Waals surface area contributed by atoms with Crippen LogP contribution in [-0.4, -0.2) is 29.0 Å². The van der Waals surface area contributed by atoms with Gasteiger partial charge in [0.15, 0.2) is 0 Å². The summed E-state index contributed by atoms with van der Waals surface area (Å²) in [6.07, 6.45) is 3.95. The monoisotopic (exact) mass is 316 g/mol. The fraction of sp³-hybridized carbons (Fsp3) is 0.188. The molecule has 22 heavy (non-hydrogen) atoms. The van der Waals surface area contributed by atoms with Crippen LogP contribution < -0.4 is 10.6 Å². The zero-order chi connectivity index (χ0) is 15.8. The van der Waals surface area contributed by atoms with Gasteiger partial charge < -0.3 is 10.6 Å². The minimum atomic E-state index is -0.230. The van der Waals surface area contributed by atoms with Crippen molar-refractivity contribution in [2.24, 2.45) is 0 Å². The molecule has 1 heterocycles. The second-order valence-corrected chi connectivity index (χ2v) is 5.01. The average molecular weight is 317 g/mol. The largest absolute Gasteiger partial charge is 0.351 e. The number of nitrogens with one attached hydrogen (secondary N) is 2. The minimum Gasteiger partial charge on any atom is -0.351 e. The van der Waals surface area contributed by atoms with E-state index in [0.717, 1.165) is 5.56 Å². The standard InChI is InChI=1S/C16H17ClN4O/c1-2-8-19-16-20-10-7-14(21-16)15(22)18-9-6-12-4-3-5-13(17)11-12/h2-5,7,10-11H,1,6,8-9H2,(H,18,22)(H,19,20,21). The van der Waals surface area contributed by atoms with E-state index in [2.05, 4.69) is 27.2 Å². The predicted octanol–water partition coefficient (Wildman–Crippen LogP) is 2.70. The minimum absolute atomic E-state index is 0.230. The molecule has 1 aromatic heterocycles. The Labute approximate surface area is 134 Å². The molecule has 1 amide bonds. The normalized spacial score (nSPS) is 10.0. The van der Waals surface area contributed by atoms with Gasteiger partial charge in [-0.1, -0.05) is 29.8 Å². The van der Waals surface area contributed by atoms with Gasteiger partial charge in [-0.2, -0.15) is 0 Å². The highest BCUT2D eigenvalue weighted by atomic mass is 35.5. The Balaban J connectivity index is 1.88.